The molecule has 1 rings (SSSR count). The van der Waals surface area contributed by atoms with Crippen LogP contribution in [0.3, 0.4) is 0 Å². The Bertz CT molecular complexity index is 357. The van der Waals surface area contributed by atoms with Crippen molar-refractivity contribution in [2.45, 2.75) is 19.4 Å². The highest BCUT2D eigenvalue weighted by atomic mass is 79.9. The largest absolute Gasteiger partial charge is 0.313 e. The van der Waals surface area contributed by atoms with Gasteiger partial charge in [-0.25, -0.2) is 0 Å². The molecule has 0 aliphatic rings. The predicted octanol–water partition coefficient (Wildman–Crippen LogP) is 3.61. The third kappa shape index (κ3) is 4.70. The zero-order valence-corrected chi connectivity index (χ0v) is 10.7. The number of halogens is 2. The van der Waals surface area contributed by atoms with Gasteiger partial charge in [-0.1, -0.05) is 27.5 Å². The lowest BCUT2D eigenvalue weighted by molar-refractivity contribution is 0.658. The average Bonchev–Trinajstić information content (AvgIpc) is 2.23. The Labute approximate surface area is 104 Å². The number of hydrogen-bond acceptors (Lipinski definition) is 1. The van der Waals surface area contributed by atoms with Crippen molar-refractivity contribution in [3.63, 3.8) is 0 Å². The van der Waals surface area contributed by atoms with E-state index in [-0.39, 0.29) is 0 Å². The molecule has 0 aliphatic carbocycles. The number of benzene rings is 1. The van der Waals surface area contributed by atoms with E-state index >= 15 is 0 Å². The first-order valence-corrected chi connectivity index (χ1v) is 5.99. The summed E-state index contributed by atoms with van der Waals surface area (Å²) in [6.45, 7) is 1.74. The minimum atomic E-state index is 0.763. The second-order valence-corrected chi connectivity index (χ2v) is 4.51. The molecule has 1 aromatic rings. The summed E-state index contributed by atoms with van der Waals surface area (Å²) in [5.41, 5.74) is 1.17. The molecule has 0 amide bonds. The summed E-state index contributed by atoms with van der Waals surface area (Å²) in [7, 11) is 0. The van der Waals surface area contributed by atoms with Gasteiger partial charge >= 0.3 is 0 Å². The predicted molar refractivity (Wildman–Crippen MR) is 68.9 cm³/mol. The molecule has 0 spiro atoms. The van der Waals surface area contributed by atoms with Gasteiger partial charge in [-0.05, 0) is 36.7 Å². The quantitative estimate of drug-likeness (QED) is 0.644. The van der Waals surface area contributed by atoms with E-state index in [0.717, 1.165) is 35.4 Å². The lowest BCUT2D eigenvalue weighted by atomic mass is 10.2. The molecular formula is C12H13BrClN. The Hall–Kier alpha value is -0.490. The SMILES string of the molecule is C#CCCCNCc1cc(Cl)ccc1Br. The summed E-state index contributed by atoms with van der Waals surface area (Å²) >= 11 is 9.39. The molecule has 0 unspecified atom stereocenters. The average molecular weight is 287 g/mol. The highest BCUT2D eigenvalue weighted by Crippen LogP contribution is 2.20. The van der Waals surface area contributed by atoms with Crippen molar-refractivity contribution < 1.29 is 0 Å². The monoisotopic (exact) mass is 285 g/mol. The molecular weight excluding hydrogens is 273 g/mol. The van der Waals surface area contributed by atoms with Crippen LogP contribution in [-0.2, 0) is 6.54 Å². The minimum absolute atomic E-state index is 0.763. The standard InChI is InChI=1S/C12H13BrClN/c1-2-3-4-7-15-9-10-8-11(14)5-6-12(10)13/h1,5-6,8,15H,3-4,7,9H2. The fraction of sp³-hybridized carbons (Fsp3) is 0.333. The van der Waals surface area contributed by atoms with Gasteiger partial charge in [0.15, 0.2) is 0 Å². The zero-order chi connectivity index (χ0) is 11.1. The summed E-state index contributed by atoms with van der Waals surface area (Å²) < 4.78 is 1.08. The van der Waals surface area contributed by atoms with Gasteiger partial charge in [0.2, 0.25) is 0 Å². The van der Waals surface area contributed by atoms with Crippen LogP contribution in [0.5, 0.6) is 0 Å². The van der Waals surface area contributed by atoms with Crippen LogP contribution in [0.4, 0.5) is 0 Å². The number of terminal acetylenes is 1. The van der Waals surface area contributed by atoms with E-state index in [1.54, 1.807) is 0 Å². The van der Waals surface area contributed by atoms with Crippen molar-refractivity contribution in [3.05, 3.63) is 33.3 Å². The molecule has 3 heteroatoms. The number of unbranched alkanes of at least 4 members (excludes halogenated alkanes) is 1. The van der Waals surface area contributed by atoms with Crippen LogP contribution in [-0.4, -0.2) is 6.54 Å². The molecule has 0 fully saturated rings. The molecule has 0 aromatic heterocycles. The van der Waals surface area contributed by atoms with Gasteiger partial charge < -0.3 is 5.32 Å². The number of nitrogens with one attached hydrogen (secondary N) is 1. The van der Waals surface area contributed by atoms with Gasteiger partial charge in [0, 0.05) is 22.5 Å². The van der Waals surface area contributed by atoms with Crippen molar-refractivity contribution in [2.75, 3.05) is 6.54 Å². The molecule has 0 saturated carbocycles. The molecule has 0 atom stereocenters. The first-order chi connectivity index (χ1) is 7.24. The van der Waals surface area contributed by atoms with Crippen molar-refractivity contribution in [1.29, 1.82) is 0 Å². The van der Waals surface area contributed by atoms with Crippen molar-refractivity contribution in [2.24, 2.45) is 0 Å². The van der Waals surface area contributed by atoms with E-state index in [0.29, 0.717) is 0 Å². The molecule has 0 heterocycles. The van der Waals surface area contributed by atoms with Gasteiger partial charge in [-0.3, -0.25) is 0 Å². The lowest BCUT2D eigenvalue weighted by Gasteiger charge is -2.06. The maximum absolute atomic E-state index is 5.90. The van der Waals surface area contributed by atoms with Gasteiger partial charge in [0.25, 0.3) is 0 Å². The Morgan fingerprint density at radius 2 is 2.27 bits per heavy atom. The topological polar surface area (TPSA) is 12.0 Å². The van der Waals surface area contributed by atoms with E-state index < -0.39 is 0 Å². The normalized spacial score (nSPS) is 9.93. The summed E-state index contributed by atoms with van der Waals surface area (Å²) in [4.78, 5) is 0. The Kier molecular flexibility index (Phi) is 5.78. The van der Waals surface area contributed by atoms with E-state index in [9.17, 15) is 0 Å². The summed E-state index contributed by atoms with van der Waals surface area (Å²) in [6.07, 6.45) is 6.99. The van der Waals surface area contributed by atoms with E-state index in [2.05, 4.69) is 27.2 Å². The molecule has 15 heavy (non-hydrogen) atoms. The fourth-order valence-electron chi connectivity index (χ4n) is 1.22. The van der Waals surface area contributed by atoms with E-state index in [4.69, 9.17) is 18.0 Å². The smallest absolute Gasteiger partial charge is 0.0410 e. The third-order valence-corrected chi connectivity index (χ3v) is 3.01. The fourth-order valence-corrected chi connectivity index (χ4v) is 1.80. The molecule has 1 nitrogen and oxygen atoms in total. The summed E-state index contributed by atoms with van der Waals surface area (Å²) in [5, 5.41) is 4.08. The lowest BCUT2D eigenvalue weighted by Crippen LogP contribution is -2.14. The maximum atomic E-state index is 5.90. The second-order valence-electron chi connectivity index (χ2n) is 3.22. The molecule has 0 bridgehead atoms. The summed E-state index contributed by atoms with van der Waals surface area (Å²) in [5.74, 6) is 2.62. The van der Waals surface area contributed by atoms with E-state index in [1.165, 1.54) is 5.56 Å². The van der Waals surface area contributed by atoms with Crippen molar-refractivity contribution in [1.82, 2.24) is 5.32 Å². The summed E-state index contributed by atoms with van der Waals surface area (Å²) in [6, 6.07) is 5.79. The van der Waals surface area contributed by atoms with Crippen LogP contribution in [0.2, 0.25) is 5.02 Å². The van der Waals surface area contributed by atoms with Crippen LogP contribution in [0.1, 0.15) is 18.4 Å². The molecule has 1 aromatic carbocycles. The zero-order valence-electron chi connectivity index (χ0n) is 8.39. The van der Waals surface area contributed by atoms with Crippen LogP contribution >= 0.6 is 27.5 Å². The molecule has 1 N–H and O–H groups in total. The highest BCUT2D eigenvalue weighted by Gasteiger charge is 1.99. The van der Waals surface area contributed by atoms with E-state index in [1.807, 2.05) is 18.2 Å². The van der Waals surface area contributed by atoms with Gasteiger partial charge in [0.1, 0.15) is 0 Å². The van der Waals surface area contributed by atoms with Gasteiger partial charge in [-0.15, -0.1) is 12.3 Å². The molecule has 80 valence electrons. The Morgan fingerprint density at radius 1 is 1.47 bits per heavy atom. The van der Waals surface area contributed by atoms with Crippen molar-refractivity contribution in [3.8, 4) is 12.3 Å². The Balaban J connectivity index is 2.37. The van der Waals surface area contributed by atoms with Crippen LogP contribution in [0.25, 0.3) is 0 Å². The van der Waals surface area contributed by atoms with Gasteiger partial charge in [-0.2, -0.15) is 0 Å². The first-order valence-electron chi connectivity index (χ1n) is 4.82. The van der Waals surface area contributed by atoms with Crippen molar-refractivity contribution >= 4 is 27.5 Å². The highest BCUT2D eigenvalue weighted by molar-refractivity contribution is 9.10. The molecule has 0 saturated heterocycles. The first kappa shape index (κ1) is 12.6. The third-order valence-electron chi connectivity index (χ3n) is 2.00. The molecule has 0 aliphatic heterocycles. The van der Waals surface area contributed by atoms with Crippen LogP contribution in [0.15, 0.2) is 22.7 Å². The van der Waals surface area contributed by atoms with Gasteiger partial charge in [0.05, 0.1) is 0 Å². The maximum Gasteiger partial charge on any atom is 0.0410 e. The van der Waals surface area contributed by atoms with Crippen LogP contribution in [0, 0.1) is 12.3 Å². The minimum Gasteiger partial charge on any atom is -0.313 e. The Morgan fingerprint density at radius 3 is 3.00 bits per heavy atom. The van der Waals surface area contributed by atoms with Crippen LogP contribution < -0.4 is 5.32 Å². The molecule has 0 radical (unpaired) electrons. The second kappa shape index (κ2) is 6.90. The number of rotatable bonds is 5. The number of hydrogen-bond donors (Lipinski definition) is 1.